The van der Waals surface area contributed by atoms with Gasteiger partial charge >= 0.3 is 0 Å². The molecular weight excluding hydrogens is 416 g/mol. The number of rotatable bonds is 5. The summed E-state index contributed by atoms with van der Waals surface area (Å²) in [6.07, 6.45) is 0.980. The van der Waals surface area contributed by atoms with Crippen LogP contribution in [0, 0.1) is 13.8 Å². The van der Waals surface area contributed by atoms with Gasteiger partial charge in [-0.3, -0.25) is 9.69 Å². The number of nitrogens with zero attached hydrogens (tertiary/aromatic N) is 3. The van der Waals surface area contributed by atoms with Crippen LogP contribution in [0.4, 0.5) is 5.69 Å². The summed E-state index contributed by atoms with van der Waals surface area (Å²) in [5.74, 6) is -0.0107. The summed E-state index contributed by atoms with van der Waals surface area (Å²) in [5, 5.41) is 9.96. The molecule has 0 saturated heterocycles. The predicted molar refractivity (Wildman–Crippen MR) is 130 cm³/mol. The summed E-state index contributed by atoms with van der Waals surface area (Å²) in [6, 6.07) is 22.8. The van der Waals surface area contributed by atoms with Gasteiger partial charge < -0.3 is 5.32 Å². The zero-order chi connectivity index (χ0) is 22.1. The highest BCUT2D eigenvalue weighted by atomic mass is 32.1. The first-order valence-electron chi connectivity index (χ1n) is 10.9. The molecule has 0 radical (unpaired) electrons. The van der Waals surface area contributed by atoms with Gasteiger partial charge in [0.1, 0.15) is 0 Å². The number of anilines is 1. The Labute approximate surface area is 192 Å². The van der Waals surface area contributed by atoms with Crippen LogP contribution in [-0.2, 0) is 11.2 Å². The molecule has 0 saturated carbocycles. The van der Waals surface area contributed by atoms with Gasteiger partial charge in [0.05, 0.1) is 35.3 Å². The molecule has 2 aromatic carbocycles. The first-order valence-corrected chi connectivity index (χ1v) is 11.8. The number of aryl methyl sites for hydroxylation is 1. The number of thiophene rings is 1. The molecule has 3 heterocycles. The van der Waals surface area contributed by atoms with Gasteiger partial charge in [-0.1, -0.05) is 48.5 Å². The second-order valence-electron chi connectivity index (χ2n) is 8.17. The smallest absolute Gasteiger partial charge is 0.238 e. The highest BCUT2D eigenvalue weighted by molar-refractivity contribution is 7.10. The third kappa shape index (κ3) is 3.87. The van der Waals surface area contributed by atoms with E-state index >= 15 is 0 Å². The number of fused-ring (bicyclic) bond motifs is 1. The molecule has 4 aromatic rings. The summed E-state index contributed by atoms with van der Waals surface area (Å²) >= 11 is 1.81. The molecule has 162 valence electrons. The van der Waals surface area contributed by atoms with E-state index < -0.39 is 0 Å². The molecule has 0 fully saturated rings. The van der Waals surface area contributed by atoms with Crippen LogP contribution < -0.4 is 5.32 Å². The van der Waals surface area contributed by atoms with Gasteiger partial charge in [-0.25, -0.2) is 4.68 Å². The molecular formula is C26H26N4OS. The predicted octanol–water partition coefficient (Wildman–Crippen LogP) is 5.14. The van der Waals surface area contributed by atoms with Crippen molar-refractivity contribution < 1.29 is 4.79 Å². The summed E-state index contributed by atoms with van der Waals surface area (Å²) in [7, 11) is 0. The number of nitrogens with one attached hydrogen (secondary N) is 1. The van der Waals surface area contributed by atoms with Crippen molar-refractivity contribution in [1.29, 1.82) is 0 Å². The Bertz CT molecular complexity index is 1230. The Morgan fingerprint density at radius 2 is 1.78 bits per heavy atom. The number of hydrogen-bond acceptors (Lipinski definition) is 4. The number of aromatic nitrogens is 2. The molecule has 1 unspecified atom stereocenters. The van der Waals surface area contributed by atoms with Crippen LogP contribution in [0.15, 0.2) is 72.1 Å². The summed E-state index contributed by atoms with van der Waals surface area (Å²) in [6.45, 7) is 5.13. The molecule has 2 aromatic heterocycles. The minimum Gasteiger partial charge on any atom is -0.322 e. The van der Waals surface area contributed by atoms with E-state index in [1.165, 1.54) is 16.0 Å². The molecule has 0 spiro atoms. The third-order valence-corrected chi connectivity index (χ3v) is 7.08. The number of para-hydroxylation sites is 1. The van der Waals surface area contributed by atoms with Crippen molar-refractivity contribution in [2.24, 2.45) is 0 Å². The van der Waals surface area contributed by atoms with Gasteiger partial charge in [0.25, 0.3) is 0 Å². The summed E-state index contributed by atoms with van der Waals surface area (Å²) in [5.41, 5.74) is 6.08. The first kappa shape index (κ1) is 20.7. The molecule has 32 heavy (non-hydrogen) atoms. The number of hydrogen-bond donors (Lipinski definition) is 1. The fraction of sp³-hybridized carbons (Fsp3) is 0.231. The van der Waals surface area contributed by atoms with Crippen LogP contribution in [0.5, 0.6) is 0 Å². The maximum atomic E-state index is 13.2. The summed E-state index contributed by atoms with van der Waals surface area (Å²) in [4.78, 5) is 16.9. The fourth-order valence-electron chi connectivity index (χ4n) is 4.57. The molecule has 1 aliphatic heterocycles. The number of benzene rings is 2. The van der Waals surface area contributed by atoms with Gasteiger partial charge in [0.2, 0.25) is 5.91 Å². The number of carbonyl (C=O) groups is 1. The summed E-state index contributed by atoms with van der Waals surface area (Å²) < 4.78 is 1.89. The van der Waals surface area contributed by atoms with Crippen molar-refractivity contribution in [1.82, 2.24) is 14.7 Å². The van der Waals surface area contributed by atoms with Crippen molar-refractivity contribution in [3.63, 3.8) is 0 Å². The minimum absolute atomic E-state index is 0.0107. The molecule has 1 amide bonds. The monoisotopic (exact) mass is 442 g/mol. The molecule has 5 rings (SSSR count). The average molecular weight is 443 g/mol. The number of carbonyl (C=O) groups excluding carboxylic acids is 1. The van der Waals surface area contributed by atoms with E-state index in [9.17, 15) is 4.79 Å². The topological polar surface area (TPSA) is 50.2 Å². The lowest BCUT2D eigenvalue weighted by molar-refractivity contribution is -0.117. The Morgan fingerprint density at radius 3 is 2.53 bits per heavy atom. The van der Waals surface area contributed by atoms with Crippen LogP contribution in [0.1, 0.15) is 33.4 Å². The van der Waals surface area contributed by atoms with Crippen LogP contribution in [0.3, 0.4) is 0 Å². The van der Waals surface area contributed by atoms with Gasteiger partial charge in [-0.05, 0) is 55.0 Å². The fourth-order valence-corrected chi connectivity index (χ4v) is 5.48. The van der Waals surface area contributed by atoms with Crippen LogP contribution >= 0.6 is 11.3 Å². The van der Waals surface area contributed by atoms with Crippen molar-refractivity contribution >= 4 is 22.9 Å². The van der Waals surface area contributed by atoms with Gasteiger partial charge in [0.15, 0.2) is 0 Å². The van der Waals surface area contributed by atoms with E-state index in [1.807, 2.05) is 66.3 Å². The maximum absolute atomic E-state index is 13.2. The first-order chi connectivity index (χ1) is 15.6. The van der Waals surface area contributed by atoms with Crippen molar-refractivity contribution in [2.45, 2.75) is 26.3 Å². The lowest BCUT2D eigenvalue weighted by Gasteiger charge is -2.35. The Balaban J connectivity index is 1.38. The normalized spacial score (nSPS) is 16.0. The second kappa shape index (κ2) is 8.73. The molecule has 6 heteroatoms. The van der Waals surface area contributed by atoms with E-state index in [4.69, 9.17) is 0 Å². The van der Waals surface area contributed by atoms with Crippen LogP contribution in [0.2, 0.25) is 0 Å². The van der Waals surface area contributed by atoms with Crippen LogP contribution in [-0.4, -0.2) is 33.7 Å². The quantitative estimate of drug-likeness (QED) is 0.466. The largest absolute Gasteiger partial charge is 0.322 e. The molecule has 5 nitrogen and oxygen atoms in total. The van der Waals surface area contributed by atoms with Crippen molar-refractivity contribution in [3.8, 4) is 5.69 Å². The van der Waals surface area contributed by atoms with Gasteiger partial charge in [0, 0.05) is 11.4 Å². The second-order valence-corrected chi connectivity index (χ2v) is 9.17. The minimum atomic E-state index is -0.0107. The van der Waals surface area contributed by atoms with Gasteiger partial charge in [-0.15, -0.1) is 11.3 Å². The van der Waals surface area contributed by atoms with Gasteiger partial charge in [-0.2, -0.15) is 5.10 Å². The third-order valence-electron chi connectivity index (χ3n) is 6.08. The Morgan fingerprint density at radius 1 is 1.06 bits per heavy atom. The molecule has 0 bridgehead atoms. The average Bonchev–Trinajstić information content (AvgIpc) is 3.40. The Kier molecular flexibility index (Phi) is 5.64. The zero-order valence-corrected chi connectivity index (χ0v) is 19.1. The molecule has 1 N–H and O–H groups in total. The standard InChI is InChI=1S/C26H26N4OS/c1-18-25(19(2)30(28-18)21-11-7-4-8-12-21)27-24(31)17-29-15-13-23-22(14-16-32-23)26(29)20-9-5-3-6-10-20/h3-12,14,16,26H,13,15,17H2,1-2H3,(H,27,31). The lowest BCUT2D eigenvalue weighted by atomic mass is 9.93. The molecule has 1 aliphatic rings. The SMILES string of the molecule is Cc1nn(-c2ccccc2)c(C)c1NC(=O)CN1CCc2sccc2C1c1ccccc1. The van der Waals surface area contributed by atoms with Crippen molar-refractivity contribution in [3.05, 3.63) is 99.5 Å². The van der Waals surface area contributed by atoms with Crippen molar-refractivity contribution in [2.75, 3.05) is 18.4 Å². The molecule has 0 aliphatic carbocycles. The van der Waals surface area contributed by atoms with Crippen LogP contribution in [0.25, 0.3) is 5.69 Å². The van der Waals surface area contributed by atoms with E-state index in [0.29, 0.717) is 6.54 Å². The Hall–Kier alpha value is -3.22. The van der Waals surface area contributed by atoms with E-state index in [-0.39, 0.29) is 11.9 Å². The molecule has 1 atom stereocenters. The van der Waals surface area contributed by atoms with E-state index in [1.54, 1.807) is 0 Å². The maximum Gasteiger partial charge on any atom is 0.238 e. The highest BCUT2D eigenvalue weighted by Crippen LogP contribution is 2.37. The number of amides is 1. The van der Waals surface area contributed by atoms with E-state index in [2.05, 4.69) is 51.0 Å². The lowest BCUT2D eigenvalue weighted by Crippen LogP contribution is -2.40. The zero-order valence-electron chi connectivity index (χ0n) is 18.3. The van der Waals surface area contributed by atoms with E-state index in [0.717, 1.165) is 35.7 Å². The highest BCUT2D eigenvalue weighted by Gasteiger charge is 2.31.